The number of likely N-dealkylation sites (N-methyl/N-ethyl adjacent to an activating group) is 1. The molecule has 0 aromatic carbocycles. The molecule has 5 heteroatoms. The average molecular weight is 214 g/mol. The minimum Gasteiger partial charge on any atom is -0.481 e. The van der Waals surface area contributed by atoms with E-state index in [0.717, 1.165) is 32.8 Å². The average Bonchev–Trinajstić information content (AvgIpc) is 2.05. The summed E-state index contributed by atoms with van der Waals surface area (Å²) in [5.41, 5.74) is 0. The third kappa shape index (κ3) is 2.48. The largest absolute Gasteiger partial charge is 0.481 e. The van der Waals surface area contributed by atoms with Crippen molar-refractivity contribution in [2.24, 2.45) is 0 Å². The second kappa shape index (κ2) is 4.47. The van der Waals surface area contributed by atoms with Crippen molar-refractivity contribution in [3.05, 3.63) is 0 Å². The van der Waals surface area contributed by atoms with E-state index in [1.54, 1.807) is 0 Å². The summed E-state index contributed by atoms with van der Waals surface area (Å²) in [6, 6.07) is 0.596. The predicted octanol–water partition coefficient (Wildman–Crippen LogP) is -0.524. The Balaban J connectivity index is 1.95. The third-order valence-electron chi connectivity index (χ3n) is 3.23. The minimum absolute atomic E-state index is 0.148. The first-order valence-corrected chi connectivity index (χ1v) is 5.40. The number of aliphatic carboxylic acids is 1. The van der Waals surface area contributed by atoms with Crippen molar-refractivity contribution in [2.45, 2.75) is 18.5 Å². The summed E-state index contributed by atoms with van der Waals surface area (Å²) < 4.78 is 5.17. The van der Waals surface area contributed by atoms with Gasteiger partial charge in [-0.15, -0.1) is 0 Å². The van der Waals surface area contributed by atoms with Crippen LogP contribution in [0, 0.1) is 0 Å². The molecule has 86 valence electrons. The number of carbonyl (C=O) groups is 1. The number of nitrogens with zero attached hydrogens (tertiary/aromatic N) is 2. The first-order chi connectivity index (χ1) is 7.16. The fraction of sp³-hybridized carbons (Fsp3) is 0.900. The van der Waals surface area contributed by atoms with Crippen LogP contribution in [0.15, 0.2) is 0 Å². The summed E-state index contributed by atoms with van der Waals surface area (Å²) >= 11 is 0. The number of hydrogen-bond acceptors (Lipinski definition) is 4. The molecule has 0 bridgehead atoms. The highest BCUT2D eigenvalue weighted by atomic mass is 16.5. The van der Waals surface area contributed by atoms with Gasteiger partial charge in [-0.1, -0.05) is 0 Å². The summed E-state index contributed by atoms with van der Waals surface area (Å²) in [5.74, 6) is -0.708. The highest BCUT2D eigenvalue weighted by molar-refractivity contribution is 5.67. The molecule has 15 heavy (non-hydrogen) atoms. The van der Waals surface area contributed by atoms with Crippen LogP contribution in [-0.4, -0.2) is 72.9 Å². The zero-order valence-electron chi connectivity index (χ0n) is 9.06. The Hall–Kier alpha value is -0.650. The number of carboxylic acid groups (broad SMARTS) is 1. The van der Waals surface area contributed by atoms with Crippen molar-refractivity contribution in [1.29, 1.82) is 0 Å². The molecule has 2 fully saturated rings. The first-order valence-electron chi connectivity index (χ1n) is 5.40. The summed E-state index contributed by atoms with van der Waals surface area (Å²) in [6.07, 6.45) is 0.237. The maximum Gasteiger partial charge on any atom is 0.304 e. The maximum absolute atomic E-state index is 10.8. The molecule has 2 rings (SSSR count). The van der Waals surface area contributed by atoms with E-state index in [-0.39, 0.29) is 12.5 Å². The molecule has 0 aliphatic carbocycles. The van der Waals surface area contributed by atoms with Gasteiger partial charge in [0.2, 0.25) is 0 Å². The van der Waals surface area contributed by atoms with Gasteiger partial charge >= 0.3 is 5.97 Å². The third-order valence-corrected chi connectivity index (χ3v) is 3.23. The molecule has 2 heterocycles. The van der Waals surface area contributed by atoms with Crippen molar-refractivity contribution in [3.8, 4) is 0 Å². The molecule has 2 aliphatic rings. The molecular formula is C10H18N2O3. The molecule has 0 spiro atoms. The van der Waals surface area contributed by atoms with E-state index in [2.05, 4.69) is 9.80 Å². The number of hydrogen-bond donors (Lipinski definition) is 1. The smallest absolute Gasteiger partial charge is 0.304 e. The lowest BCUT2D eigenvalue weighted by atomic mass is 10.0. The van der Waals surface area contributed by atoms with Gasteiger partial charge in [0.25, 0.3) is 0 Å². The lowest BCUT2D eigenvalue weighted by Gasteiger charge is -2.46. The van der Waals surface area contributed by atoms with Crippen molar-refractivity contribution in [3.63, 3.8) is 0 Å². The molecule has 1 unspecified atom stereocenters. The van der Waals surface area contributed by atoms with Crippen LogP contribution >= 0.6 is 0 Å². The molecule has 0 saturated carbocycles. The Bertz CT molecular complexity index is 243. The van der Waals surface area contributed by atoms with Gasteiger partial charge < -0.3 is 14.7 Å². The van der Waals surface area contributed by atoms with Crippen LogP contribution in [0.4, 0.5) is 0 Å². The molecule has 0 aromatic rings. The first kappa shape index (κ1) is 10.9. The lowest BCUT2D eigenvalue weighted by molar-refractivity contribution is -0.142. The second-order valence-electron chi connectivity index (χ2n) is 4.44. The quantitative estimate of drug-likeness (QED) is 0.685. The van der Waals surface area contributed by atoms with E-state index in [0.29, 0.717) is 6.04 Å². The number of ether oxygens (including phenoxy) is 1. The van der Waals surface area contributed by atoms with Gasteiger partial charge in [-0.3, -0.25) is 9.69 Å². The zero-order chi connectivity index (χ0) is 10.8. The normalized spacial score (nSPS) is 30.1. The van der Waals surface area contributed by atoms with Crippen LogP contribution in [0.5, 0.6) is 0 Å². The van der Waals surface area contributed by atoms with Gasteiger partial charge in [0, 0.05) is 25.7 Å². The molecule has 5 nitrogen and oxygen atoms in total. The van der Waals surface area contributed by atoms with E-state index in [1.807, 2.05) is 7.05 Å². The fourth-order valence-corrected chi connectivity index (χ4v) is 2.30. The number of rotatable bonds is 3. The van der Waals surface area contributed by atoms with Gasteiger partial charge in [0.1, 0.15) is 0 Å². The van der Waals surface area contributed by atoms with Crippen LogP contribution in [0.25, 0.3) is 0 Å². The molecule has 1 N–H and O–H groups in total. The van der Waals surface area contributed by atoms with E-state index in [9.17, 15) is 4.79 Å². The van der Waals surface area contributed by atoms with E-state index in [4.69, 9.17) is 9.84 Å². The molecule has 1 atom stereocenters. The monoisotopic (exact) mass is 214 g/mol. The Morgan fingerprint density at radius 1 is 1.47 bits per heavy atom. The van der Waals surface area contributed by atoms with Gasteiger partial charge in [0.15, 0.2) is 0 Å². The van der Waals surface area contributed by atoms with Gasteiger partial charge in [-0.25, -0.2) is 0 Å². The molecule has 0 amide bonds. The number of piperazine rings is 1. The van der Waals surface area contributed by atoms with Crippen LogP contribution in [-0.2, 0) is 9.53 Å². The van der Waals surface area contributed by atoms with E-state index >= 15 is 0 Å². The molecule has 0 aromatic heterocycles. The van der Waals surface area contributed by atoms with E-state index in [1.165, 1.54) is 0 Å². The second-order valence-corrected chi connectivity index (χ2v) is 4.44. The highest BCUT2D eigenvalue weighted by Gasteiger charge is 2.35. The highest BCUT2D eigenvalue weighted by Crippen LogP contribution is 2.19. The molecular weight excluding hydrogens is 196 g/mol. The lowest BCUT2D eigenvalue weighted by Crippen LogP contribution is -2.61. The summed E-state index contributed by atoms with van der Waals surface area (Å²) in [5, 5.41) is 8.87. The summed E-state index contributed by atoms with van der Waals surface area (Å²) in [4.78, 5) is 15.3. The van der Waals surface area contributed by atoms with Crippen LogP contribution in [0.2, 0.25) is 0 Å². The van der Waals surface area contributed by atoms with Crippen molar-refractivity contribution >= 4 is 5.97 Å². The minimum atomic E-state index is -0.708. The van der Waals surface area contributed by atoms with Crippen LogP contribution in [0.1, 0.15) is 6.42 Å². The van der Waals surface area contributed by atoms with Crippen LogP contribution < -0.4 is 0 Å². The summed E-state index contributed by atoms with van der Waals surface area (Å²) in [7, 11) is 2.05. The van der Waals surface area contributed by atoms with Gasteiger partial charge in [-0.05, 0) is 7.05 Å². The Morgan fingerprint density at radius 2 is 2.20 bits per heavy atom. The maximum atomic E-state index is 10.8. The Kier molecular flexibility index (Phi) is 3.23. The zero-order valence-corrected chi connectivity index (χ0v) is 9.06. The standard InChI is InChI=1S/C10H18N2O3/c1-11-2-3-12(9-6-15-7-9)8(5-11)4-10(13)14/h8-9H,2-7H2,1H3,(H,13,14). The SMILES string of the molecule is CN1CCN(C2COC2)C(CC(=O)O)C1. The topological polar surface area (TPSA) is 53.0 Å². The van der Waals surface area contributed by atoms with Gasteiger partial charge in [0.05, 0.1) is 25.7 Å². The molecule has 0 radical (unpaired) electrons. The van der Waals surface area contributed by atoms with E-state index < -0.39 is 5.97 Å². The Labute approximate surface area is 89.6 Å². The van der Waals surface area contributed by atoms with Crippen molar-refractivity contribution < 1.29 is 14.6 Å². The molecule has 2 saturated heterocycles. The van der Waals surface area contributed by atoms with Gasteiger partial charge in [-0.2, -0.15) is 0 Å². The Morgan fingerprint density at radius 3 is 2.73 bits per heavy atom. The van der Waals surface area contributed by atoms with Crippen LogP contribution in [0.3, 0.4) is 0 Å². The van der Waals surface area contributed by atoms with Crippen molar-refractivity contribution in [1.82, 2.24) is 9.80 Å². The number of carboxylic acids is 1. The fourth-order valence-electron chi connectivity index (χ4n) is 2.30. The summed E-state index contributed by atoms with van der Waals surface area (Å²) in [6.45, 7) is 4.36. The predicted molar refractivity (Wildman–Crippen MR) is 54.9 cm³/mol. The molecule has 2 aliphatic heterocycles. The van der Waals surface area contributed by atoms with Crippen molar-refractivity contribution in [2.75, 3.05) is 39.9 Å².